The van der Waals surface area contributed by atoms with E-state index in [0.29, 0.717) is 23.2 Å². The average molecular weight is 240 g/mol. The van der Waals surface area contributed by atoms with Crippen LogP contribution in [0.2, 0.25) is 0 Å². The Balaban J connectivity index is 2.30. The van der Waals surface area contributed by atoms with E-state index in [4.69, 9.17) is 0 Å². The fourth-order valence-corrected chi connectivity index (χ4v) is 5.03. The lowest BCUT2D eigenvalue weighted by Crippen LogP contribution is -2.53. The summed E-state index contributed by atoms with van der Waals surface area (Å²) in [4.78, 5) is 0. The van der Waals surface area contributed by atoms with Gasteiger partial charge in [0.1, 0.15) is 0 Å². The zero-order valence-electron chi connectivity index (χ0n) is 11.6. The van der Waals surface area contributed by atoms with Gasteiger partial charge in [0.15, 0.2) is 0 Å². The third-order valence-corrected chi connectivity index (χ3v) is 5.95. The minimum Gasteiger partial charge on any atom is -0.396 e. The highest BCUT2D eigenvalue weighted by Gasteiger charge is 2.54. The van der Waals surface area contributed by atoms with E-state index >= 15 is 0 Å². The second kappa shape index (κ2) is 4.55. The van der Waals surface area contributed by atoms with Gasteiger partial charge in [0.2, 0.25) is 0 Å². The number of hydrogen-bond acceptors (Lipinski definition) is 2. The van der Waals surface area contributed by atoms with Crippen molar-refractivity contribution in [2.24, 2.45) is 28.6 Å². The Bertz CT molecular complexity index is 274. The molecule has 0 aromatic rings. The Labute approximate surface area is 105 Å². The van der Waals surface area contributed by atoms with Gasteiger partial charge in [-0.15, -0.1) is 0 Å². The highest BCUT2D eigenvalue weighted by molar-refractivity contribution is 5.03. The van der Waals surface area contributed by atoms with Gasteiger partial charge >= 0.3 is 0 Å². The lowest BCUT2D eigenvalue weighted by molar-refractivity contribution is -0.119. The van der Waals surface area contributed by atoms with Crippen LogP contribution in [0.4, 0.5) is 0 Å². The predicted octanol–water partition coefficient (Wildman–Crippen LogP) is 2.83. The second-order valence-electron chi connectivity index (χ2n) is 7.21. The van der Waals surface area contributed by atoms with Crippen molar-refractivity contribution < 1.29 is 10.2 Å². The van der Waals surface area contributed by atoms with Gasteiger partial charge < -0.3 is 10.2 Å². The quantitative estimate of drug-likeness (QED) is 0.779. The molecule has 2 N–H and O–H groups in total. The predicted molar refractivity (Wildman–Crippen MR) is 69.6 cm³/mol. The van der Waals surface area contributed by atoms with Gasteiger partial charge in [0.05, 0.1) is 0 Å². The van der Waals surface area contributed by atoms with E-state index in [9.17, 15) is 10.2 Å². The molecule has 2 heteroatoms. The summed E-state index contributed by atoms with van der Waals surface area (Å²) in [6, 6.07) is 0. The molecule has 0 spiro atoms. The minimum atomic E-state index is 0.238. The fraction of sp³-hybridized carbons (Fsp3) is 1.00. The van der Waals surface area contributed by atoms with E-state index < -0.39 is 0 Å². The Kier molecular flexibility index (Phi) is 3.57. The van der Waals surface area contributed by atoms with Crippen LogP contribution in [0, 0.1) is 28.6 Å². The monoisotopic (exact) mass is 240 g/mol. The smallest absolute Gasteiger partial charge is 0.0468 e. The zero-order chi connectivity index (χ0) is 12.7. The fourth-order valence-electron chi connectivity index (χ4n) is 5.03. The molecule has 0 amide bonds. The lowest BCUT2D eigenvalue weighted by atomic mass is 9.46. The molecule has 0 radical (unpaired) electrons. The topological polar surface area (TPSA) is 40.5 Å². The summed E-state index contributed by atoms with van der Waals surface area (Å²) < 4.78 is 0. The molecule has 100 valence electrons. The van der Waals surface area contributed by atoms with Crippen molar-refractivity contribution in [2.75, 3.05) is 13.2 Å². The Morgan fingerprint density at radius 2 is 1.71 bits per heavy atom. The van der Waals surface area contributed by atoms with Crippen molar-refractivity contribution in [2.45, 2.75) is 52.9 Å². The van der Waals surface area contributed by atoms with Crippen LogP contribution in [0.1, 0.15) is 52.9 Å². The normalized spacial score (nSPS) is 45.4. The summed E-state index contributed by atoms with van der Waals surface area (Å²) in [7, 11) is 0. The van der Waals surface area contributed by atoms with E-state index in [-0.39, 0.29) is 18.6 Å². The lowest BCUT2D eigenvalue weighted by Gasteiger charge is -2.59. The van der Waals surface area contributed by atoms with Crippen molar-refractivity contribution >= 4 is 0 Å². The van der Waals surface area contributed by atoms with Gasteiger partial charge in [-0.25, -0.2) is 0 Å². The maximum absolute atomic E-state index is 9.76. The van der Waals surface area contributed by atoms with Gasteiger partial charge in [-0.3, -0.25) is 0 Å². The van der Waals surface area contributed by atoms with Crippen molar-refractivity contribution in [1.82, 2.24) is 0 Å². The molecule has 2 rings (SSSR count). The van der Waals surface area contributed by atoms with Crippen LogP contribution in [0.3, 0.4) is 0 Å². The first-order chi connectivity index (χ1) is 7.95. The molecule has 0 bridgehead atoms. The average Bonchev–Trinajstić information content (AvgIpc) is 2.26. The Morgan fingerprint density at radius 1 is 1.00 bits per heavy atom. The summed E-state index contributed by atoms with van der Waals surface area (Å²) in [5.41, 5.74) is 0.642. The summed E-state index contributed by atoms with van der Waals surface area (Å²) >= 11 is 0. The van der Waals surface area contributed by atoms with Crippen LogP contribution in [-0.2, 0) is 0 Å². The molecular formula is C15H28O2. The summed E-state index contributed by atoms with van der Waals surface area (Å²) in [5.74, 6) is 1.32. The van der Waals surface area contributed by atoms with Crippen LogP contribution < -0.4 is 0 Å². The van der Waals surface area contributed by atoms with Crippen LogP contribution in [0.5, 0.6) is 0 Å². The first kappa shape index (κ1) is 13.4. The standard InChI is InChI=1S/C15H28O2/c1-14(2)7-4-8-15(3)12(10-17)11(9-16)5-6-13(14)15/h11-13,16-17H,4-10H2,1-3H3/t11-,12+,13+,15-/m1/s1. The molecular weight excluding hydrogens is 212 g/mol. The second-order valence-corrected chi connectivity index (χ2v) is 7.21. The van der Waals surface area contributed by atoms with Gasteiger partial charge in [0.25, 0.3) is 0 Å². The first-order valence-corrected chi connectivity index (χ1v) is 7.17. The molecule has 2 aliphatic carbocycles. The largest absolute Gasteiger partial charge is 0.396 e. The number of hydrogen-bond donors (Lipinski definition) is 2. The van der Waals surface area contributed by atoms with Gasteiger partial charge in [-0.1, -0.05) is 27.2 Å². The van der Waals surface area contributed by atoms with Crippen LogP contribution in [-0.4, -0.2) is 23.4 Å². The summed E-state index contributed by atoms with van der Waals surface area (Å²) in [6.07, 6.45) is 6.13. The van der Waals surface area contributed by atoms with Crippen molar-refractivity contribution in [3.63, 3.8) is 0 Å². The highest BCUT2D eigenvalue weighted by Crippen LogP contribution is 2.60. The van der Waals surface area contributed by atoms with Gasteiger partial charge in [0, 0.05) is 13.2 Å². The molecule has 2 fully saturated rings. The SMILES string of the molecule is CC1(C)CCC[C@]2(C)[C@@H](CO)[C@@H](CO)CC[C@@H]12. The van der Waals surface area contributed by atoms with Crippen molar-refractivity contribution in [1.29, 1.82) is 0 Å². The highest BCUT2D eigenvalue weighted by atomic mass is 16.3. The van der Waals surface area contributed by atoms with Gasteiger partial charge in [-0.05, 0) is 54.3 Å². The van der Waals surface area contributed by atoms with E-state index in [1.165, 1.54) is 25.7 Å². The summed E-state index contributed by atoms with van der Waals surface area (Å²) in [6.45, 7) is 7.63. The zero-order valence-corrected chi connectivity index (χ0v) is 11.6. The third kappa shape index (κ3) is 2.04. The summed E-state index contributed by atoms with van der Waals surface area (Å²) in [5, 5.41) is 19.3. The maximum Gasteiger partial charge on any atom is 0.0468 e. The molecule has 0 aromatic heterocycles. The Hall–Kier alpha value is -0.0800. The van der Waals surface area contributed by atoms with E-state index in [0.717, 1.165) is 6.42 Å². The molecule has 2 nitrogen and oxygen atoms in total. The molecule has 0 unspecified atom stereocenters. The van der Waals surface area contributed by atoms with Crippen LogP contribution >= 0.6 is 0 Å². The number of fused-ring (bicyclic) bond motifs is 1. The molecule has 0 heterocycles. The van der Waals surface area contributed by atoms with E-state index in [1.807, 2.05) is 0 Å². The number of rotatable bonds is 2. The van der Waals surface area contributed by atoms with E-state index in [1.54, 1.807) is 0 Å². The first-order valence-electron chi connectivity index (χ1n) is 7.17. The maximum atomic E-state index is 9.76. The third-order valence-electron chi connectivity index (χ3n) is 5.95. The molecule has 0 saturated heterocycles. The molecule has 2 saturated carbocycles. The molecule has 4 atom stereocenters. The number of aliphatic hydroxyl groups excluding tert-OH is 2. The van der Waals surface area contributed by atoms with Crippen molar-refractivity contribution in [3.05, 3.63) is 0 Å². The molecule has 17 heavy (non-hydrogen) atoms. The van der Waals surface area contributed by atoms with Crippen molar-refractivity contribution in [3.8, 4) is 0 Å². The minimum absolute atomic E-state index is 0.238. The van der Waals surface area contributed by atoms with Gasteiger partial charge in [-0.2, -0.15) is 0 Å². The van der Waals surface area contributed by atoms with E-state index in [2.05, 4.69) is 20.8 Å². The molecule has 0 aliphatic heterocycles. The van der Waals surface area contributed by atoms with Crippen LogP contribution in [0.15, 0.2) is 0 Å². The van der Waals surface area contributed by atoms with Crippen LogP contribution in [0.25, 0.3) is 0 Å². The Morgan fingerprint density at radius 3 is 2.29 bits per heavy atom. The number of aliphatic hydroxyl groups is 2. The molecule has 0 aromatic carbocycles. The molecule has 2 aliphatic rings.